The van der Waals surface area contributed by atoms with Crippen molar-refractivity contribution in [1.82, 2.24) is 0 Å². The molecule has 0 heterocycles. The zero-order chi connectivity index (χ0) is 6.70. The van der Waals surface area contributed by atoms with Crippen molar-refractivity contribution < 1.29 is 0 Å². The van der Waals surface area contributed by atoms with Gasteiger partial charge in [-0.05, 0) is 5.41 Å². The standard InChI is InChI=1S/C9H15/c1-8(2,3)9-4-7(5-9)6-9/h4-6H2,1-3H3/q-1. The van der Waals surface area contributed by atoms with E-state index in [2.05, 4.69) is 20.8 Å². The topological polar surface area (TPSA) is 0 Å². The Balaban J connectivity index is 2.13. The van der Waals surface area contributed by atoms with Crippen LogP contribution in [0.1, 0.15) is 40.0 Å². The third-order valence-electron chi connectivity index (χ3n) is 3.36. The Kier molecular flexibility index (Phi) is 0.774. The summed E-state index contributed by atoms with van der Waals surface area (Å²) in [5.74, 6) is 1.82. The molecule has 0 aliphatic heterocycles. The summed E-state index contributed by atoms with van der Waals surface area (Å²) in [5.41, 5.74) is 1.34. The van der Waals surface area contributed by atoms with Gasteiger partial charge in [-0.25, -0.2) is 0 Å². The van der Waals surface area contributed by atoms with Crippen molar-refractivity contribution in [2.45, 2.75) is 40.0 Å². The van der Waals surface area contributed by atoms with Gasteiger partial charge >= 0.3 is 0 Å². The van der Waals surface area contributed by atoms with E-state index >= 15 is 0 Å². The second-order valence-electron chi connectivity index (χ2n) is 4.81. The van der Waals surface area contributed by atoms with Crippen LogP contribution >= 0.6 is 0 Å². The van der Waals surface area contributed by atoms with Crippen molar-refractivity contribution in [3.05, 3.63) is 5.92 Å². The summed E-state index contributed by atoms with van der Waals surface area (Å²) < 4.78 is 0. The summed E-state index contributed by atoms with van der Waals surface area (Å²) in [6.45, 7) is 7.13. The van der Waals surface area contributed by atoms with E-state index in [0.717, 1.165) is 5.41 Å². The second-order valence-corrected chi connectivity index (χ2v) is 4.81. The van der Waals surface area contributed by atoms with E-state index in [4.69, 9.17) is 0 Å². The monoisotopic (exact) mass is 123 g/mol. The van der Waals surface area contributed by atoms with Gasteiger partial charge in [0.1, 0.15) is 0 Å². The van der Waals surface area contributed by atoms with Crippen LogP contribution in [0.15, 0.2) is 0 Å². The average Bonchev–Trinajstić information content (AvgIpc) is 1.08. The van der Waals surface area contributed by atoms with Gasteiger partial charge < -0.3 is 5.92 Å². The maximum atomic E-state index is 2.38. The van der Waals surface area contributed by atoms with Crippen LogP contribution in [0.3, 0.4) is 0 Å². The third-order valence-corrected chi connectivity index (χ3v) is 3.36. The molecule has 3 aliphatic carbocycles. The lowest BCUT2D eigenvalue weighted by Crippen LogP contribution is -2.57. The molecule has 0 amide bonds. The first kappa shape index (κ1) is 5.76. The Labute approximate surface area is 57.6 Å². The predicted molar refractivity (Wildman–Crippen MR) is 39.0 cm³/mol. The molecule has 52 valence electrons. The number of hydrogen-bond acceptors (Lipinski definition) is 0. The SMILES string of the molecule is CC(C)(C)C12C[C-](C1)C2. The molecule has 3 aliphatic rings. The minimum absolute atomic E-state index is 0.578. The van der Waals surface area contributed by atoms with Gasteiger partial charge in [0.15, 0.2) is 0 Å². The van der Waals surface area contributed by atoms with Crippen molar-refractivity contribution in [2.75, 3.05) is 0 Å². The third kappa shape index (κ3) is 0.500. The molecule has 0 spiro atoms. The first-order chi connectivity index (χ1) is 4.04. The van der Waals surface area contributed by atoms with Crippen molar-refractivity contribution in [3.63, 3.8) is 0 Å². The average molecular weight is 123 g/mol. The highest BCUT2D eigenvalue weighted by atomic mass is 14.7. The normalized spacial score (nSPS) is 31.0. The van der Waals surface area contributed by atoms with Gasteiger partial charge in [-0.2, -0.15) is 19.3 Å². The van der Waals surface area contributed by atoms with Crippen LogP contribution in [-0.2, 0) is 0 Å². The molecule has 9 heavy (non-hydrogen) atoms. The Hall–Kier alpha value is 0. The summed E-state index contributed by atoms with van der Waals surface area (Å²) in [6.07, 6.45) is 4.36. The van der Waals surface area contributed by atoms with Crippen molar-refractivity contribution >= 4 is 0 Å². The molecule has 0 radical (unpaired) electrons. The van der Waals surface area contributed by atoms with Gasteiger partial charge in [0, 0.05) is 0 Å². The summed E-state index contributed by atoms with van der Waals surface area (Å²) in [7, 11) is 0. The highest BCUT2D eigenvalue weighted by Crippen LogP contribution is 2.73. The highest BCUT2D eigenvalue weighted by Gasteiger charge is 2.50. The molecule has 0 atom stereocenters. The maximum Gasteiger partial charge on any atom is -0.0398 e. The smallest absolute Gasteiger partial charge is 0.0398 e. The van der Waals surface area contributed by atoms with Crippen LogP contribution in [0.4, 0.5) is 0 Å². The Morgan fingerprint density at radius 2 is 1.56 bits per heavy atom. The van der Waals surface area contributed by atoms with Crippen LogP contribution < -0.4 is 0 Å². The molecule has 2 bridgehead atoms. The van der Waals surface area contributed by atoms with Crippen LogP contribution in [0, 0.1) is 16.7 Å². The summed E-state index contributed by atoms with van der Waals surface area (Å²) in [4.78, 5) is 0. The lowest BCUT2D eigenvalue weighted by atomic mass is 9.37. The first-order valence-corrected chi connectivity index (χ1v) is 3.87. The number of rotatable bonds is 0. The fourth-order valence-corrected chi connectivity index (χ4v) is 2.08. The van der Waals surface area contributed by atoms with E-state index in [1.165, 1.54) is 19.3 Å². The lowest BCUT2D eigenvalue weighted by molar-refractivity contribution is -0.0823. The van der Waals surface area contributed by atoms with Crippen molar-refractivity contribution in [3.8, 4) is 0 Å². The molecule has 3 rings (SSSR count). The Morgan fingerprint density at radius 3 is 1.56 bits per heavy atom. The fourth-order valence-electron chi connectivity index (χ4n) is 2.08. The second kappa shape index (κ2) is 1.21. The molecule has 0 saturated heterocycles. The summed E-state index contributed by atoms with van der Waals surface area (Å²) >= 11 is 0. The molecular formula is C9H15-. The maximum absolute atomic E-state index is 2.38. The van der Waals surface area contributed by atoms with Gasteiger partial charge in [-0.1, -0.05) is 20.8 Å². The quantitative estimate of drug-likeness (QED) is 0.434. The summed E-state index contributed by atoms with van der Waals surface area (Å²) in [6, 6.07) is 0. The van der Waals surface area contributed by atoms with Gasteiger partial charge in [0.05, 0.1) is 0 Å². The van der Waals surface area contributed by atoms with Crippen LogP contribution in [0.2, 0.25) is 0 Å². The van der Waals surface area contributed by atoms with E-state index in [1.54, 1.807) is 0 Å². The molecule has 0 N–H and O–H groups in total. The van der Waals surface area contributed by atoms with Crippen molar-refractivity contribution in [1.29, 1.82) is 0 Å². The van der Waals surface area contributed by atoms with Crippen LogP contribution in [-0.4, -0.2) is 0 Å². The zero-order valence-corrected chi connectivity index (χ0v) is 6.62. The zero-order valence-electron chi connectivity index (χ0n) is 6.62. The van der Waals surface area contributed by atoms with Crippen molar-refractivity contribution in [2.24, 2.45) is 10.8 Å². The molecule has 3 fully saturated rings. The molecule has 3 saturated carbocycles. The molecule has 0 nitrogen and oxygen atoms in total. The largest absolute Gasteiger partial charge is 0.313 e. The lowest BCUT2D eigenvalue weighted by Gasteiger charge is -2.80. The highest BCUT2D eigenvalue weighted by molar-refractivity contribution is 5.29. The van der Waals surface area contributed by atoms with Gasteiger partial charge in [0.2, 0.25) is 0 Å². The van der Waals surface area contributed by atoms with E-state index in [0.29, 0.717) is 5.41 Å². The Morgan fingerprint density at radius 1 is 1.11 bits per heavy atom. The summed E-state index contributed by atoms with van der Waals surface area (Å²) in [5, 5.41) is 0. The molecule has 0 heteroatoms. The molecule has 0 aromatic carbocycles. The molecular weight excluding hydrogens is 108 g/mol. The predicted octanol–water partition coefficient (Wildman–Crippen LogP) is 2.79. The van der Waals surface area contributed by atoms with E-state index in [-0.39, 0.29) is 0 Å². The molecule has 0 aromatic rings. The molecule has 0 unspecified atom stereocenters. The number of hydrogen-bond donors (Lipinski definition) is 0. The van der Waals surface area contributed by atoms with Crippen LogP contribution in [0.5, 0.6) is 0 Å². The van der Waals surface area contributed by atoms with Crippen LogP contribution in [0.25, 0.3) is 0 Å². The minimum atomic E-state index is 0.578. The first-order valence-electron chi connectivity index (χ1n) is 3.87. The van der Waals surface area contributed by atoms with Gasteiger partial charge in [-0.3, -0.25) is 0 Å². The van der Waals surface area contributed by atoms with Gasteiger partial charge in [0.25, 0.3) is 0 Å². The Bertz CT molecular complexity index is 122. The minimum Gasteiger partial charge on any atom is -0.313 e. The van der Waals surface area contributed by atoms with E-state index < -0.39 is 0 Å². The van der Waals surface area contributed by atoms with E-state index in [1.807, 2.05) is 5.92 Å². The fraction of sp³-hybridized carbons (Fsp3) is 0.889. The molecule has 0 aromatic heterocycles. The van der Waals surface area contributed by atoms with E-state index in [9.17, 15) is 0 Å². The van der Waals surface area contributed by atoms with Gasteiger partial charge in [-0.15, -0.1) is 5.41 Å².